The van der Waals surface area contributed by atoms with Crippen molar-refractivity contribution in [3.8, 4) is 0 Å². The maximum atomic E-state index is 6.52. The molecule has 2 N–H and O–H groups in total. The van der Waals surface area contributed by atoms with Gasteiger partial charge >= 0.3 is 0 Å². The highest BCUT2D eigenvalue weighted by Crippen LogP contribution is 2.32. The fourth-order valence-electron chi connectivity index (χ4n) is 3.04. The first kappa shape index (κ1) is 15.5. The van der Waals surface area contributed by atoms with Gasteiger partial charge in [0.15, 0.2) is 0 Å². The molecule has 1 unspecified atom stereocenters. The Morgan fingerprint density at radius 2 is 1.80 bits per heavy atom. The quantitative estimate of drug-likeness (QED) is 0.915. The largest absolute Gasteiger partial charge is 0.323 e. The highest BCUT2D eigenvalue weighted by Gasteiger charge is 2.30. The van der Waals surface area contributed by atoms with Crippen LogP contribution in [0.25, 0.3) is 0 Å². The van der Waals surface area contributed by atoms with Crippen molar-refractivity contribution in [2.45, 2.75) is 26.3 Å². The molecule has 0 amide bonds. The molecule has 1 fully saturated rings. The maximum Gasteiger partial charge on any atom is 0.0359 e. The zero-order chi connectivity index (χ0) is 14.6. The van der Waals surface area contributed by atoms with Gasteiger partial charge in [-0.3, -0.25) is 0 Å². The van der Waals surface area contributed by atoms with E-state index in [0.29, 0.717) is 0 Å². The van der Waals surface area contributed by atoms with Gasteiger partial charge in [0.2, 0.25) is 0 Å². The lowest BCUT2D eigenvalue weighted by Gasteiger charge is -2.37. The zero-order valence-electron chi connectivity index (χ0n) is 13.2. The van der Waals surface area contributed by atoms with Crippen LogP contribution < -0.4 is 5.73 Å². The lowest BCUT2D eigenvalue weighted by atomic mass is 9.80. The Morgan fingerprint density at radius 1 is 1.10 bits per heavy atom. The lowest BCUT2D eigenvalue weighted by molar-refractivity contribution is 0.156. The van der Waals surface area contributed by atoms with Crippen molar-refractivity contribution in [1.82, 2.24) is 9.80 Å². The summed E-state index contributed by atoms with van der Waals surface area (Å²) < 4.78 is 0. The van der Waals surface area contributed by atoms with Crippen molar-refractivity contribution in [2.24, 2.45) is 11.1 Å². The Bertz CT molecular complexity index is 402. The molecule has 1 heterocycles. The highest BCUT2D eigenvalue weighted by atomic mass is 15.2. The summed E-state index contributed by atoms with van der Waals surface area (Å²) in [6, 6.07) is 10.6. The van der Waals surface area contributed by atoms with Crippen molar-refractivity contribution in [2.75, 3.05) is 39.8 Å². The Balaban J connectivity index is 1.99. The van der Waals surface area contributed by atoms with E-state index in [-0.39, 0.29) is 11.5 Å². The second kappa shape index (κ2) is 6.70. The van der Waals surface area contributed by atoms with Gasteiger partial charge < -0.3 is 15.5 Å². The molecule has 0 saturated carbocycles. The number of hydrogen-bond donors (Lipinski definition) is 1. The van der Waals surface area contributed by atoms with E-state index in [1.165, 1.54) is 25.1 Å². The smallest absolute Gasteiger partial charge is 0.0359 e. The monoisotopic (exact) mass is 275 g/mol. The average Bonchev–Trinajstić information content (AvgIpc) is 2.63. The molecule has 3 heteroatoms. The normalized spacial score (nSPS) is 20.6. The molecule has 112 valence electrons. The predicted molar refractivity (Wildman–Crippen MR) is 85.7 cm³/mol. The van der Waals surface area contributed by atoms with E-state index in [1.54, 1.807) is 0 Å². The van der Waals surface area contributed by atoms with Crippen molar-refractivity contribution in [3.05, 3.63) is 35.9 Å². The van der Waals surface area contributed by atoms with Gasteiger partial charge in [-0.25, -0.2) is 0 Å². The number of benzene rings is 1. The molecule has 1 aromatic rings. The molecule has 1 aliphatic rings. The summed E-state index contributed by atoms with van der Waals surface area (Å²) in [6.07, 6.45) is 1.26. The molecule has 1 aliphatic heterocycles. The number of hydrogen-bond acceptors (Lipinski definition) is 3. The van der Waals surface area contributed by atoms with E-state index < -0.39 is 0 Å². The molecule has 3 nitrogen and oxygen atoms in total. The second-order valence-electron chi connectivity index (χ2n) is 6.81. The summed E-state index contributed by atoms with van der Waals surface area (Å²) in [5.41, 5.74) is 7.85. The van der Waals surface area contributed by atoms with Crippen LogP contribution in [0.2, 0.25) is 0 Å². The van der Waals surface area contributed by atoms with Crippen molar-refractivity contribution < 1.29 is 0 Å². The van der Waals surface area contributed by atoms with E-state index >= 15 is 0 Å². The third-order valence-electron chi connectivity index (χ3n) is 4.44. The molecule has 1 saturated heterocycles. The van der Waals surface area contributed by atoms with Crippen molar-refractivity contribution in [3.63, 3.8) is 0 Å². The summed E-state index contributed by atoms with van der Waals surface area (Å²) in [5, 5.41) is 0. The summed E-state index contributed by atoms with van der Waals surface area (Å²) in [4.78, 5) is 5.00. The summed E-state index contributed by atoms with van der Waals surface area (Å²) in [5.74, 6) is 0. The van der Waals surface area contributed by atoms with Gasteiger partial charge in [0.05, 0.1) is 0 Å². The molecule has 0 spiro atoms. The highest BCUT2D eigenvalue weighted by molar-refractivity contribution is 5.20. The van der Waals surface area contributed by atoms with E-state index in [2.05, 4.69) is 55.0 Å². The molecule has 1 atom stereocenters. The summed E-state index contributed by atoms with van der Waals surface area (Å²) in [7, 11) is 2.21. The number of rotatable bonds is 4. The molecular weight excluding hydrogens is 246 g/mol. The minimum atomic E-state index is 0.0876. The lowest BCUT2D eigenvalue weighted by Crippen LogP contribution is -2.42. The maximum absolute atomic E-state index is 6.52. The third kappa shape index (κ3) is 4.05. The van der Waals surface area contributed by atoms with Gasteiger partial charge in [-0.15, -0.1) is 0 Å². The molecular formula is C17H29N3. The predicted octanol–water partition coefficient (Wildman–Crippen LogP) is 2.35. The third-order valence-corrected chi connectivity index (χ3v) is 4.44. The molecule has 2 rings (SSSR count). The fraction of sp³-hybridized carbons (Fsp3) is 0.647. The van der Waals surface area contributed by atoms with Crippen LogP contribution in [0.1, 0.15) is 31.9 Å². The summed E-state index contributed by atoms with van der Waals surface area (Å²) in [6.45, 7) is 10.4. The minimum absolute atomic E-state index is 0.0876. The van der Waals surface area contributed by atoms with Gasteiger partial charge in [-0.2, -0.15) is 0 Å². The first-order valence-corrected chi connectivity index (χ1v) is 7.70. The first-order chi connectivity index (χ1) is 9.49. The van der Waals surface area contributed by atoms with Crippen LogP contribution in [-0.4, -0.2) is 49.6 Å². The van der Waals surface area contributed by atoms with Crippen LogP contribution in [0.15, 0.2) is 30.3 Å². The van der Waals surface area contributed by atoms with Crippen LogP contribution in [0.5, 0.6) is 0 Å². The average molecular weight is 275 g/mol. The number of nitrogens with zero attached hydrogens (tertiary/aromatic N) is 2. The Kier molecular flexibility index (Phi) is 5.19. The first-order valence-electron chi connectivity index (χ1n) is 7.70. The minimum Gasteiger partial charge on any atom is -0.323 e. The number of likely N-dealkylation sites (N-methyl/N-ethyl adjacent to an activating group) is 1. The molecule has 0 aromatic heterocycles. The standard InChI is InChI=1S/C17H29N3/c1-17(2,16(18)15-8-5-4-6-9-15)14-20-11-7-10-19(3)12-13-20/h4-6,8-9,16H,7,10-14,18H2,1-3H3. The molecule has 20 heavy (non-hydrogen) atoms. The molecule has 0 bridgehead atoms. The Morgan fingerprint density at radius 3 is 2.50 bits per heavy atom. The molecule has 0 radical (unpaired) electrons. The van der Waals surface area contributed by atoms with Crippen molar-refractivity contribution in [1.29, 1.82) is 0 Å². The van der Waals surface area contributed by atoms with Gasteiger partial charge in [-0.05, 0) is 37.5 Å². The Labute approximate surface area is 123 Å². The number of nitrogens with two attached hydrogens (primary N) is 1. The molecule has 0 aliphatic carbocycles. The van der Waals surface area contributed by atoms with Gasteiger partial charge in [-0.1, -0.05) is 44.2 Å². The van der Waals surface area contributed by atoms with Crippen LogP contribution in [0.3, 0.4) is 0 Å². The van der Waals surface area contributed by atoms with Crippen LogP contribution in [0.4, 0.5) is 0 Å². The van der Waals surface area contributed by atoms with E-state index in [9.17, 15) is 0 Å². The van der Waals surface area contributed by atoms with Gasteiger partial charge in [0, 0.05) is 25.7 Å². The van der Waals surface area contributed by atoms with Crippen LogP contribution in [-0.2, 0) is 0 Å². The molecule has 1 aromatic carbocycles. The second-order valence-corrected chi connectivity index (χ2v) is 6.81. The van der Waals surface area contributed by atoms with Crippen LogP contribution >= 0.6 is 0 Å². The zero-order valence-corrected chi connectivity index (χ0v) is 13.2. The topological polar surface area (TPSA) is 32.5 Å². The Hall–Kier alpha value is -0.900. The van der Waals surface area contributed by atoms with Gasteiger partial charge in [0.1, 0.15) is 0 Å². The van der Waals surface area contributed by atoms with Crippen molar-refractivity contribution >= 4 is 0 Å². The summed E-state index contributed by atoms with van der Waals surface area (Å²) >= 11 is 0. The van der Waals surface area contributed by atoms with E-state index in [0.717, 1.165) is 19.6 Å². The SMILES string of the molecule is CN1CCCN(CC(C)(C)C(N)c2ccccc2)CC1. The van der Waals surface area contributed by atoms with Gasteiger partial charge in [0.25, 0.3) is 0 Å². The fourth-order valence-corrected chi connectivity index (χ4v) is 3.04. The van der Waals surface area contributed by atoms with Crippen LogP contribution in [0, 0.1) is 5.41 Å². The van der Waals surface area contributed by atoms with E-state index in [4.69, 9.17) is 5.73 Å². The van der Waals surface area contributed by atoms with E-state index in [1.807, 2.05) is 6.07 Å².